The SMILES string of the molecule is CN(C)c1nc2c(c(Nc3ccccc3)n1)[C@@H]1CC[C@@H](C2)N1C(=O)Cn1cccn1. The van der Waals surface area contributed by atoms with E-state index in [9.17, 15) is 4.79 Å². The predicted octanol–water partition coefficient (Wildman–Crippen LogP) is 2.77. The molecule has 0 spiro atoms. The largest absolute Gasteiger partial charge is 0.347 e. The molecule has 2 aliphatic rings. The van der Waals surface area contributed by atoms with Crippen molar-refractivity contribution in [2.24, 2.45) is 0 Å². The van der Waals surface area contributed by atoms with Crippen molar-refractivity contribution in [3.8, 4) is 0 Å². The number of anilines is 3. The lowest BCUT2D eigenvalue weighted by Crippen LogP contribution is -2.44. The number of fused-ring (bicyclic) bond motifs is 4. The van der Waals surface area contributed by atoms with Gasteiger partial charge in [-0.25, -0.2) is 4.98 Å². The Bertz CT molecular complexity index is 1050. The zero-order valence-corrected chi connectivity index (χ0v) is 17.2. The van der Waals surface area contributed by atoms with E-state index in [2.05, 4.69) is 10.4 Å². The van der Waals surface area contributed by atoms with E-state index in [1.165, 1.54) is 0 Å². The van der Waals surface area contributed by atoms with Gasteiger partial charge in [0.15, 0.2) is 0 Å². The number of nitrogens with zero attached hydrogens (tertiary/aromatic N) is 6. The molecule has 30 heavy (non-hydrogen) atoms. The van der Waals surface area contributed by atoms with Gasteiger partial charge in [-0.05, 0) is 31.0 Å². The summed E-state index contributed by atoms with van der Waals surface area (Å²) in [6.45, 7) is 0.257. The highest BCUT2D eigenvalue weighted by Gasteiger charge is 2.45. The summed E-state index contributed by atoms with van der Waals surface area (Å²) in [7, 11) is 3.90. The first-order valence-corrected chi connectivity index (χ1v) is 10.3. The number of aromatic nitrogens is 4. The second-order valence-electron chi connectivity index (χ2n) is 8.07. The van der Waals surface area contributed by atoms with Crippen LogP contribution in [0.2, 0.25) is 0 Å². The van der Waals surface area contributed by atoms with E-state index < -0.39 is 0 Å². The summed E-state index contributed by atoms with van der Waals surface area (Å²) in [5.41, 5.74) is 3.06. The van der Waals surface area contributed by atoms with Crippen LogP contribution in [0.1, 0.15) is 30.1 Å². The molecule has 1 N–H and O–H groups in total. The molecule has 8 heteroatoms. The van der Waals surface area contributed by atoms with Crippen molar-refractivity contribution in [1.82, 2.24) is 24.6 Å². The molecule has 154 valence electrons. The van der Waals surface area contributed by atoms with Crippen molar-refractivity contribution in [1.29, 1.82) is 0 Å². The standard InChI is InChI=1S/C22H25N7O/c1-27(2)22-25-17-13-16-9-10-18(29(16)19(30)14-28-12-6-11-23-28)20(17)21(26-22)24-15-7-4-3-5-8-15/h3-8,11-12,16,18H,9-10,13-14H2,1-2H3,(H,24,25,26)/t16-,18-/m0/s1. The number of benzene rings is 1. The summed E-state index contributed by atoms with van der Waals surface area (Å²) >= 11 is 0. The van der Waals surface area contributed by atoms with Crippen LogP contribution in [0.4, 0.5) is 17.5 Å². The Morgan fingerprint density at radius 2 is 2.00 bits per heavy atom. The highest BCUT2D eigenvalue weighted by molar-refractivity contribution is 5.78. The molecular weight excluding hydrogens is 378 g/mol. The van der Waals surface area contributed by atoms with Crippen molar-refractivity contribution in [3.05, 3.63) is 60.0 Å². The molecule has 2 aliphatic heterocycles. The third-order valence-electron chi connectivity index (χ3n) is 5.86. The third kappa shape index (κ3) is 3.28. The third-order valence-corrected chi connectivity index (χ3v) is 5.86. The second-order valence-corrected chi connectivity index (χ2v) is 8.07. The summed E-state index contributed by atoms with van der Waals surface area (Å²) in [4.78, 5) is 26.8. The summed E-state index contributed by atoms with van der Waals surface area (Å²) in [6.07, 6.45) is 6.19. The average Bonchev–Trinajstić information content (AvgIpc) is 3.35. The Morgan fingerprint density at radius 1 is 1.17 bits per heavy atom. The Labute approximate surface area is 175 Å². The van der Waals surface area contributed by atoms with Gasteiger partial charge < -0.3 is 15.1 Å². The van der Waals surface area contributed by atoms with Crippen molar-refractivity contribution < 1.29 is 4.79 Å². The van der Waals surface area contributed by atoms with Gasteiger partial charge in [-0.3, -0.25) is 9.48 Å². The maximum atomic E-state index is 13.2. The molecule has 1 saturated heterocycles. The highest BCUT2D eigenvalue weighted by Crippen LogP contribution is 2.46. The number of nitrogens with one attached hydrogen (secondary N) is 1. The van der Waals surface area contributed by atoms with Crippen LogP contribution in [0.3, 0.4) is 0 Å². The van der Waals surface area contributed by atoms with Gasteiger partial charge >= 0.3 is 0 Å². The molecule has 2 aromatic heterocycles. The summed E-state index contributed by atoms with van der Waals surface area (Å²) < 4.78 is 1.69. The maximum Gasteiger partial charge on any atom is 0.245 e. The molecular formula is C22H25N7O. The summed E-state index contributed by atoms with van der Waals surface area (Å²) in [6, 6.07) is 12.0. The van der Waals surface area contributed by atoms with Gasteiger partial charge in [0.05, 0.1) is 11.7 Å². The van der Waals surface area contributed by atoms with Gasteiger partial charge in [0, 0.05) is 50.2 Å². The minimum atomic E-state index is -0.00997. The molecule has 0 unspecified atom stereocenters. The molecule has 0 saturated carbocycles. The van der Waals surface area contributed by atoms with Gasteiger partial charge in [-0.2, -0.15) is 10.1 Å². The van der Waals surface area contributed by atoms with E-state index in [1.807, 2.05) is 66.5 Å². The number of para-hydroxylation sites is 1. The zero-order chi connectivity index (χ0) is 20.7. The Hall–Kier alpha value is -3.42. The minimum Gasteiger partial charge on any atom is -0.347 e. The predicted molar refractivity (Wildman–Crippen MR) is 115 cm³/mol. The Kier molecular flexibility index (Phi) is 4.61. The molecule has 8 nitrogen and oxygen atoms in total. The van der Waals surface area contributed by atoms with Crippen molar-refractivity contribution in [2.75, 3.05) is 24.3 Å². The molecule has 4 heterocycles. The number of carbonyl (C=O) groups is 1. The maximum absolute atomic E-state index is 13.2. The molecule has 0 aliphatic carbocycles. The van der Waals surface area contributed by atoms with Crippen LogP contribution in [-0.4, -0.2) is 50.7 Å². The molecule has 5 rings (SSSR count). The van der Waals surface area contributed by atoms with Crippen LogP contribution in [0.5, 0.6) is 0 Å². The fraction of sp³-hybridized carbons (Fsp3) is 0.364. The lowest BCUT2D eigenvalue weighted by Gasteiger charge is -2.37. The van der Waals surface area contributed by atoms with E-state index in [0.29, 0.717) is 5.95 Å². The lowest BCUT2D eigenvalue weighted by molar-refractivity contribution is -0.135. The zero-order valence-electron chi connectivity index (χ0n) is 17.2. The normalized spacial score (nSPS) is 19.5. The molecule has 0 radical (unpaired) electrons. The number of amides is 1. The van der Waals surface area contributed by atoms with Crippen molar-refractivity contribution in [3.63, 3.8) is 0 Å². The van der Waals surface area contributed by atoms with E-state index in [1.54, 1.807) is 10.9 Å². The first-order chi connectivity index (χ1) is 14.6. The molecule has 1 fully saturated rings. The van der Waals surface area contributed by atoms with Crippen molar-refractivity contribution in [2.45, 2.75) is 37.9 Å². The molecule has 2 bridgehead atoms. The van der Waals surface area contributed by atoms with E-state index in [0.717, 1.165) is 42.0 Å². The second kappa shape index (κ2) is 7.44. The number of rotatable bonds is 5. The topological polar surface area (TPSA) is 79.2 Å². The van der Waals surface area contributed by atoms with Crippen LogP contribution >= 0.6 is 0 Å². The molecule has 1 amide bonds. The van der Waals surface area contributed by atoms with Crippen LogP contribution in [0, 0.1) is 0 Å². The van der Waals surface area contributed by atoms with Crippen LogP contribution in [-0.2, 0) is 17.8 Å². The quantitative estimate of drug-likeness (QED) is 0.706. The van der Waals surface area contributed by atoms with E-state index in [-0.39, 0.29) is 24.5 Å². The minimum absolute atomic E-state index is 0.00997. The molecule has 3 aromatic rings. The smallest absolute Gasteiger partial charge is 0.245 e. The van der Waals surface area contributed by atoms with Crippen LogP contribution < -0.4 is 10.2 Å². The first-order valence-electron chi connectivity index (χ1n) is 10.3. The van der Waals surface area contributed by atoms with E-state index >= 15 is 0 Å². The van der Waals surface area contributed by atoms with Gasteiger partial charge in [0.2, 0.25) is 11.9 Å². The summed E-state index contributed by atoms with van der Waals surface area (Å²) in [5.74, 6) is 1.57. The number of hydrogen-bond acceptors (Lipinski definition) is 6. The fourth-order valence-corrected chi connectivity index (χ4v) is 4.54. The number of hydrogen-bond donors (Lipinski definition) is 1. The van der Waals surface area contributed by atoms with Gasteiger partial charge in [0.1, 0.15) is 12.4 Å². The Balaban J connectivity index is 1.53. The Morgan fingerprint density at radius 3 is 2.73 bits per heavy atom. The average molecular weight is 403 g/mol. The monoisotopic (exact) mass is 403 g/mol. The lowest BCUT2D eigenvalue weighted by atomic mass is 9.97. The van der Waals surface area contributed by atoms with E-state index in [4.69, 9.17) is 9.97 Å². The van der Waals surface area contributed by atoms with Gasteiger partial charge in [-0.15, -0.1) is 0 Å². The molecule has 2 atom stereocenters. The number of carbonyl (C=O) groups excluding carboxylic acids is 1. The first kappa shape index (κ1) is 18.6. The molecule has 1 aromatic carbocycles. The van der Waals surface area contributed by atoms with Gasteiger partial charge in [-0.1, -0.05) is 18.2 Å². The highest BCUT2D eigenvalue weighted by atomic mass is 16.2. The van der Waals surface area contributed by atoms with Crippen molar-refractivity contribution >= 4 is 23.4 Å². The fourth-order valence-electron chi connectivity index (χ4n) is 4.54. The summed E-state index contributed by atoms with van der Waals surface area (Å²) in [5, 5.41) is 7.68. The van der Waals surface area contributed by atoms with Gasteiger partial charge in [0.25, 0.3) is 0 Å². The van der Waals surface area contributed by atoms with Crippen LogP contribution in [0.15, 0.2) is 48.8 Å². The van der Waals surface area contributed by atoms with Crippen LogP contribution in [0.25, 0.3) is 0 Å².